The van der Waals surface area contributed by atoms with Crippen molar-refractivity contribution in [3.05, 3.63) is 43.8 Å². The van der Waals surface area contributed by atoms with Crippen molar-refractivity contribution >= 4 is 22.7 Å². The van der Waals surface area contributed by atoms with Crippen LogP contribution >= 0.6 is 22.7 Å². The van der Waals surface area contributed by atoms with Gasteiger partial charge in [-0.25, -0.2) is 0 Å². The summed E-state index contributed by atoms with van der Waals surface area (Å²) in [6.07, 6.45) is 1.13. The van der Waals surface area contributed by atoms with Gasteiger partial charge in [0.1, 0.15) is 0 Å². The molecule has 1 N–H and O–H groups in total. The van der Waals surface area contributed by atoms with E-state index in [1.54, 1.807) is 0 Å². The zero-order valence-corrected chi connectivity index (χ0v) is 12.3. The lowest BCUT2D eigenvalue weighted by Crippen LogP contribution is -2.27. The van der Waals surface area contributed by atoms with Crippen LogP contribution in [-0.4, -0.2) is 6.04 Å². The van der Waals surface area contributed by atoms with Crippen molar-refractivity contribution in [3.8, 4) is 0 Å². The molecule has 0 radical (unpaired) electrons. The highest BCUT2D eigenvalue weighted by atomic mass is 32.1. The normalized spacial score (nSPS) is 12.9. The highest BCUT2D eigenvalue weighted by Gasteiger charge is 2.06. The Labute approximate surface area is 112 Å². The molecule has 1 atom stereocenters. The van der Waals surface area contributed by atoms with Crippen LogP contribution in [0, 0.1) is 13.8 Å². The van der Waals surface area contributed by atoms with Crippen molar-refractivity contribution in [1.29, 1.82) is 0 Å². The third-order valence-electron chi connectivity index (χ3n) is 2.88. The van der Waals surface area contributed by atoms with Crippen molar-refractivity contribution in [2.24, 2.45) is 0 Å². The zero-order chi connectivity index (χ0) is 12.3. The van der Waals surface area contributed by atoms with E-state index < -0.39 is 0 Å². The third kappa shape index (κ3) is 3.66. The van der Waals surface area contributed by atoms with Gasteiger partial charge in [-0.3, -0.25) is 0 Å². The maximum Gasteiger partial charge on any atom is 0.0304 e. The van der Waals surface area contributed by atoms with Crippen molar-refractivity contribution < 1.29 is 0 Å². The molecule has 17 heavy (non-hydrogen) atoms. The predicted molar refractivity (Wildman–Crippen MR) is 78.1 cm³/mol. The van der Waals surface area contributed by atoms with Gasteiger partial charge in [-0.15, -0.1) is 22.7 Å². The molecular weight excluding hydrogens is 246 g/mol. The van der Waals surface area contributed by atoms with Gasteiger partial charge in [-0.2, -0.15) is 0 Å². The second kappa shape index (κ2) is 5.80. The Balaban J connectivity index is 1.82. The Morgan fingerprint density at radius 3 is 2.65 bits per heavy atom. The summed E-state index contributed by atoms with van der Waals surface area (Å²) >= 11 is 3.75. The van der Waals surface area contributed by atoms with Gasteiger partial charge in [-0.05, 0) is 56.3 Å². The van der Waals surface area contributed by atoms with Crippen molar-refractivity contribution in [2.45, 2.75) is 39.8 Å². The molecule has 0 saturated heterocycles. The van der Waals surface area contributed by atoms with Gasteiger partial charge >= 0.3 is 0 Å². The Kier molecular flexibility index (Phi) is 4.37. The first-order chi connectivity index (χ1) is 8.15. The Bertz CT molecular complexity index is 470. The molecular formula is C14H19NS2. The lowest BCUT2D eigenvalue weighted by Gasteiger charge is -2.12. The molecule has 2 heterocycles. The average Bonchev–Trinajstić information content (AvgIpc) is 2.85. The van der Waals surface area contributed by atoms with Crippen LogP contribution in [-0.2, 0) is 13.0 Å². The van der Waals surface area contributed by atoms with Crippen LogP contribution in [0.1, 0.15) is 27.1 Å². The minimum absolute atomic E-state index is 0.537. The molecule has 2 rings (SSSR count). The van der Waals surface area contributed by atoms with E-state index in [1.165, 1.54) is 20.2 Å². The average molecular weight is 265 g/mol. The maximum atomic E-state index is 3.60. The minimum Gasteiger partial charge on any atom is -0.309 e. The second-order valence-electron chi connectivity index (χ2n) is 4.53. The molecule has 3 heteroatoms. The number of rotatable bonds is 5. The van der Waals surface area contributed by atoms with Crippen LogP contribution in [0.25, 0.3) is 0 Å². The number of hydrogen-bond donors (Lipinski definition) is 1. The minimum atomic E-state index is 0.537. The van der Waals surface area contributed by atoms with Gasteiger partial charge in [0.2, 0.25) is 0 Å². The Morgan fingerprint density at radius 1 is 1.24 bits per heavy atom. The molecule has 1 nitrogen and oxygen atoms in total. The van der Waals surface area contributed by atoms with E-state index in [9.17, 15) is 0 Å². The largest absolute Gasteiger partial charge is 0.309 e. The third-order valence-corrected chi connectivity index (χ3v) is 4.93. The molecule has 0 fully saturated rings. The van der Waals surface area contributed by atoms with E-state index in [-0.39, 0.29) is 0 Å². The van der Waals surface area contributed by atoms with Gasteiger partial charge in [0.15, 0.2) is 0 Å². The standard InChI is InChI=1S/C14H19NS2/c1-10-6-7-16-14(10)9-15-11(2)8-13-5-4-12(3)17-13/h4-7,11,15H,8-9H2,1-3H3. The number of aryl methyl sites for hydroxylation is 2. The molecule has 0 aliphatic rings. The van der Waals surface area contributed by atoms with E-state index in [4.69, 9.17) is 0 Å². The van der Waals surface area contributed by atoms with E-state index >= 15 is 0 Å². The summed E-state index contributed by atoms with van der Waals surface area (Å²) in [4.78, 5) is 4.34. The van der Waals surface area contributed by atoms with E-state index in [0.717, 1.165) is 13.0 Å². The molecule has 92 valence electrons. The van der Waals surface area contributed by atoms with Gasteiger partial charge < -0.3 is 5.32 Å². The van der Waals surface area contributed by atoms with Crippen molar-refractivity contribution in [2.75, 3.05) is 0 Å². The first-order valence-electron chi connectivity index (χ1n) is 5.97. The molecule has 2 aromatic rings. The van der Waals surface area contributed by atoms with E-state index in [0.29, 0.717) is 6.04 Å². The molecule has 0 spiro atoms. The molecule has 1 unspecified atom stereocenters. The molecule has 0 aliphatic carbocycles. The number of thiophene rings is 2. The summed E-state index contributed by atoms with van der Waals surface area (Å²) in [6.45, 7) is 7.61. The molecule has 0 aliphatic heterocycles. The first-order valence-corrected chi connectivity index (χ1v) is 7.66. The zero-order valence-electron chi connectivity index (χ0n) is 10.6. The first kappa shape index (κ1) is 12.8. The molecule has 0 amide bonds. The fraction of sp³-hybridized carbons (Fsp3) is 0.429. The topological polar surface area (TPSA) is 12.0 Å². The van der Waals surface area contributed by atoms with Crippen LogP contribution in [0.2, 0.25) is 0 Å². The quantitative estimate of drug-likeness (QED) is 0.856. The summed E-state index contributed by atoms with van der Waals surface area (Å²) in [5.74, 6) is 0. The smallest absolute Gasteiger partial charge is 0.0304 e. The number of nitrogens with one attached hydrogen (secondary N) is 1. The summed E-state index contributed by atoms with van der Waals surface area (Å²) in [5, 5.41) is 5.77. The predicted octanol–water partition coefficient (Wildman–Crippen LogP) is 4.15. The summed E-state index contributed by atoms with van der Waals surface area (Å²) in [7, 11) is 0. The van der Waals surface area contributed by atoms with Gasteiger partial charge in [-0.1, -0.05) is 0 Å². The lowest BCUT2D eigenvalue weighted by molar-refractivity contribution is 0.551. The SMILES string of the molecule is Cc1ccc(CC(C)NCc2sccc2C)s1. The fourth-order valence-corrected chi connectivity index (χ4v) is 3.70. The highest BCUT2D eigenvalue weighted by molar-refractivity contribution is 7.11. The van der Waals surface area contributed by atoms with Gasteiger partial charge in [0.05, 0.1) is 0 Å². The van der Waals surface area contributed by atoms with Gasteiger partial charge in [0, 0.05) is 27.2 Å². The van der Waals surface area contributed by atoms with Crippen LogP contribution < -0.4 is 5.32 Å². The van der Waals surface area contributed by atoms with E-state index in [1.807, 2.05) is 22.7 Å². The molecule has 2 aromatic heterocycles. The van der Waals surface area contributed by atoms with Crippen molar-refractivity contribution in [1.82, 2.24) is 5.32 Å². The van der Waals surface area contributed by atoms with Crippen LogP contribution in [0.5, 0.6) is 0 Å². The lowest BCUT2D eigenvalue weighted by atomic mass is 10.2. The van der Waals surface area contributed by atoms with Gasteiger partial charge in [0.25, 0.3) is 0 Å². The maximum absolute atomic E-state index is 3.60. The Hall–Kier alpha value is -0.640. The summed E-state index contributed by atoms with van der Waals surface area (Å²) < 4.78 is 0. The van der Waals surface area contributed by atoms with E-state index in [2.05, 4.69) is 49.7 Å². The summed E-state index contributed by atoms with van der Waals surface area (Å²) in [5.41, 5.74) is 1.40. The molecule has 0 saturated carbocycles. The second-order valence-corrected chi connectivity index (χ2v) is 6.90. The molecule has 0 aromatic carbocycles. The van der Waals surface area contributed by atoms with Crippen molar-refractivity contribution in [3.63, 3.8) is 0 Å². The number of hydrogen-bond acceptors (Lipinski definition) is 3. The van der Waals surface area contributed by atoms with Crippen LogP contribution in [0.15, 0.2) is 23.6 Å². The Morgan fingerprint density at radius 2 is 2.06 bits per heavy atom. The molecule has 0 bridgehead atoms. The monoisotopic (exact) mass is 265 g/mol. The fourth-order valence-electron chi connectivity index (χ4n) is 1.82. The summed E-state index contributed by atoms with van der Waals surface area (Å²) in [6, 6.07) is 7.18. The van der Waals surface area contributed by atoms with Crippen LogP contribution in [0.3, 0.4) is 0 Å². The van der Waals surface area contributed by atoms with Crippen LogP contribution in [0.4, 0.5) is 0 Å². The highest BCUT2D eigenvalue weighted by Crippen LogP contribution is 2.18.